The topological polar surface area (TPSA) is 81.7 Å². The summed E-state index contributed by atoms with van der Waals surface area (Å²) in [5.74, 6) is 0.919. The van der Waals surface area contributed by atoms with Crippen molar-refractivity contribution >= 4 is 5.95 Å². The minimum atomic E-state index is 0.386. The summed E-state index contributed by atoms with van der Waals surface area (Å²) in [5, 5.41) is 12.5. The third kappa shape index (κ3) is 1.75. The number of nitrogens with one attached hydrogen (secondary N) is 1. The van der Waals surface area contributed by atoms with E-state index < -0.39 is 0 Å². The molecule has 16 heavy (non-hydrogen) atoms. The number of H-pyrrole nitrogens is 1. The lowest BCUT2D eigenvalue weighted by atomic mass is 10.4. The Kier molecular flexibility index (Phi) is 2.60. The Labute approximate surface area is 92.5 Å². The molecule has 0 saturated heterocycles. The van der Waals surface area contributed by atoms with Crippen molar-refractivity contribution in [3.8, 4) is 17.7 Å². The van der Waals surface area contributed by atoms with E-state index in [-0.39, 0.29) is 0 Å². The Morgan fingerprint density at radius 1 is 1.56 bits per heavy atom. The monoisotopic (exact) mass is 217 g/mol. The lowest BCUT2D eigenvalue weighted by Crippen LogP contribution is -2.16. The summed E-state index contributed by atoms with van der Waals surface area (Å²) in [5.41, 5.74) is 1.12. The maximum absolute atomic E-state index is 8.67. The molecule has 0 aliphatic rings. The van der Waals surface area contributed by atoms with Crippen molar-refractivity contribution in [3.63, 3.8) is 0 Å². The molecule has 0 unspecified atom stereocenters. The van der Waals surface area contributed by atoms with Crippen LogP contribution in [0, 0.1) is 11.3 Å². The maximum Gasteiger partial charge on any atom is 0.275 e. The van der Waals surface area contributed by atoms with E-state index in [9.17, 15) is 0 Å². The normalized spacial score (nSPS) is 10.1. The molecule has 0 aliphatic heterocycles. The van der Waals surface area contributed by atoms with Crippen molar-refractivity contribution in [2.45, 2.75) is 6.92 Å². The van der Waals surface area contributed by atoms with Crippen molar-refractivity contribution in [2.75, 3.05) is 18.5 Å². The number of anilines is 1. The van der Waals surface area contributed by atoms with E-state index in [0.717, 1.165) is 6.54 Å². The van der Waals surface area contributed by atoms with Gasteiger partial charge >= 0.3 is 0 Å². The number of hydrogen-bond acceptors (Lipinski definition) is 5. The van der Waals surface area contributed by atoms with Crippen LogP contribution < -0.4 is 4.90 Å². The maximum atomic E-state index is 8.67. The van der Waals surface area contributed by atoms with Crippen LogP contribution in [0.4, 0.5) is 5.95 Å². The first kappa shape index (κ1) is 10.2. The number of nitrogens with zero attached hydrogens (tertiary/aromatic N) is 4. The lowest BCUT2D eigenvalue weighted by molar-refractivity contribution is 0.429. The smallest absolute Gasteiger partial charge is 0.275 e. The summed E-state index contributed by atoms with van der Waals surface area (Å²) in [6, 6.07) is 5.41. The molecule has 0 aromatic carbocycles. The van der Waals surface area contributed by atoms with Gasteiger partial charge in [-0.25, -0.2) is 0 Å². The third-order valence-electron chi connectivity index (χ3n) is 2.27. The lowest BCUT2D eigenvalue weighted by Gasteiger charge is -2.08. The Hall–Kier alpha value is -2.29. The summed E-state index contributed by atoms with van der Waals surface area (Å²) in [4.78, 5) is 8.94. The molecule has 6 heteroatoms. The molecule has 0 radical (unpaired) electrons. The van der Waals surface area contributed by atoms with Gasteiger partial charge in [-0.15, -0.1) is 0 Å². The van der Waals surface area contributed by atoms with Gasteiger partial charge < -0.3 is 14.4 Å². The number of hydrogen-bond donors (Lipinski definition) is 1. The minimum Gasteiger partial charge on any atom is -0.342 e. The molecule has 2 aromatic heterocycles. The summed E-state index contributed by atoms with van der Waals surface area (Å²) < 4.78 is 5.09. The van der Waals surface area contributed by atoms with Crippen LogP contribution in [-0.4, -0.2) is 28.7 Å². The molecular formula is C10H11N5O. The molecule has 2 heterocycles. The van der Waals surface area contributed by atoms with Gasteiger partial charge in [0.15, 0.2) is 0 Å². The van der Waals surface area contributed by atoms with Gasteiger partial charge in [-0.2, -0.15) is 10.2 Å². The zero-order valence-electron chi connectivity index (χ0n) is 9.06. The summed E-state index contributed by atoms with van der Waals surface area (Å²) in [6.45, 7) is 2.80. The van der Waals surface area contributed by atoms with Gasteiger partial charge in [-0.1, -0.05) is 0 Å². The molecule has 0 saturated carbocycles. The molecule has 0 aliphatic carbocycles. The predicted molar refractivity (Wildman–Crippen MR) is 57.7 cm³/mol. The second kappa shape index (κ2) is 4.06. The molecule has 0 spiro atoms. The first-order chi connectivity index (χ1) is 7.74. The Balaban J connectivity index is 2.28. The van der Waals surface area contributed by atoms with E-state index >= 15 is 0 Å². The van der Waals surface area contributed by atoms with E-state index in [4.69, 9.17) is 9.78 Å². The Bertz CT molecular complexity index is 521. The molecular weight excluding hydrogens is 206 g/mol. The fourth-order valence-electron chi connectivity index (χ4n) is 1.21. The van der Waals surface area contributed by atoms with Crippen molar-refractivity contribution in [1.82, 2.24) is 15.1 Å². The molecule has 2 aromatic rings. The standard InChI is InChI=1S/C10H11N5O/c1-3-15(2)10-13-9(16-14-10)8-5-4-7(6-11)12-8/h4-5,12H,3H2,1-2H3. The fourth-order valence-corrected chi connectivity index (χ4v) is 1.21. The average Bonchev–Trinajstić information content (AvgIpc) is 2.95. The summed E-state index contributed by atoms with van der Waals surface area (Å²) in [7, 11) is 1.88. The van der Waals surface area contributed by atoms with Crippen molar-refractivity contribution in [2.24, 2.45) is 0 Å². The summed E-state index contributed by atoms with van der Waals surface area (Å²) in [6.07, 6.45) is 0. The van der Waals surface area contributed by atoms with Gasteiger partial charge in [0.2, 0.25) is 0 Å². The Morgan fingerprint density at radius 2 is 2.38 bits per heavy atom. The van der Waals surface area contributed by atoms with Crippen LogP contribution in [0.3, 0.4) is 0 Å². The van der Waals surface area contributed by atoms with Crippen molar-refractivity contribution in [3.05, 3.63) is 17.8 Å². The number of aromatic nitrogens is 3. The van der Waals surface area contributed by atoms with Crippen LogP contribution in [-0.2, 0) is 0 Å². The quantitative estimate of drug-likeness (QED) is 0.840. The van der Waals surface area contributed by atoms with Gasteiger partial charge in [0.1, 0.15) is 17.5 Å². The average molecular weight is 217 g/mol. The highest BCUT2D eigenvalue weighted by molar-refractivity contribution is 5.51. The zero-order valence-corrected chi connectivity index (χ0v) is 9.06. The van der Waals surface area contributed by atoms with E-state index in [0.29, 0.717) is 23.2 Å². The largest absolute Gasteiger partial charge is 0.342 e. The molecule has 6 nitrogen and oxygen atoms in total. The molecule has 0 fully saturated rings. The van der Waals surface area contributed by atoms with Gasteiger partial charge in [0, 0.05) is 13.6 Å². The van der Waals surface area contributed by atoms with E-state index in [2.05, 4.69) is 15.1 Å². The van der Waals surface area contributed by atoms with Crippen LogP contribution in [0.2, 0.25) is 0 Å². The Morgan fingerprint density at radius 3 is 3.00 bits per heavy atom. The molecule has 0 amide bonds. The second-order valence-electron chi connectivity index (χ2n) is 3.31. The number of nitriles is 1. The van der Waals surface area contributed by atoms with E-state index in [1.165, 1.54) is 0 Å². The van der Waals surface area contributed by atoms with Crippen LogP contribution in [0.15, 0.2) is 16.7 Å². The molecule has 0 bridgehead atoms. The molecule has 82 valence electrons. The minimum absolute atomic E-state index is 0.386. The fraction of sp³-hybridized carbons (Fsp3) is 0.300. The van der Waals surface area contributed by atoms with Crippen LogP contribution in [0.1, 0.15) is 12.6 Å². The predicted octanol–water partition coefficient (Wildman–Crippen LogP) is 1.39. The highest BCUT2D eigenvalue weighted by Crippen LogP contribution is 2.18. The van der Waals surface area contributed by atoms with Crippen LogP contribution >= 0.6 is 0 Å². The van der Waals surface area contributed by atoms with E-state index in [1.54, 1.807) is 12.1 Å². The highest BCUT2D eigenvalue weighted by atomic mass is 16.5. The zero-order chi connectivity index (χ0) is 11.5. The number of rotatable bonds is 3. The van der Waals surface area contributed by atoms with Gasteiger partial charge in [0.25, 0.3) is 11.8 Å². The van der Waals surface area contributed by atoms with Crippen LogP contribution in [0.5, 0.6) is 0 Å². The molecule has 0 atom stereocenters. The van der Waals surface area contributed by atoms with Gasteiger partial charge in [-0.05, 0) is 24.2 Å². The second-order valence-corrected chi connectivity index (χ2v) is 3.31. The highest BCUT2D eigenvalue weighted by Gasteiger charge is 2.12. The first-order valence-electron chi connectivity index (χ1n) is 4.89. The van der Waals surface area contributed by atoms with Crippen LogP contribution in [0.25, 0.3) is 11.6 Å². The van der Waals surface area contributed by atoms with Gasteiger partial charge in [-0.3, -0.25) is 0 Å². The van der Waals surface area contributed by atoms with Gasteiger partial charge in [0.05, 0.1) is 0 Å². The first-order valence-corrected chi connectivity index (χ1v) is 4.89. The third-order valence-corrected chi connectivity index (χ3v) is 2.27. The molecule has 2 rings (SSSR count). The van der Waals surface area contributed by atoms with Crippen molar-refractivity contribution in [1.29, 1.82) is 5.26 Å². The molecule has 1 N–H and O–H groups in total. The number of aromatic amines is 1. The summed E-state index contributed by atoms with van der Waals surface area (Å²) >= 11 is 0. The van der Waals surface area contributed by atoms with Crippen molar-refractivity contribution < 1.29 is 4.52 Å². The SMILES string of the molecule is CCN(C)c1noc(-c2ccc(C#N)[nH]2)n1. The van der Waals surface area contributed by atoms with E-state index in [1.807, 2.05) is 24.9 Å².